The number of aromatic carboxylic acids is 1. The lowest BCUT2D eigenvalue weighted by Gasteiger charge is -2.37. The molecule has 0 radical (unpaired) electrons. The number of benzene rings is 1. The molecule has 172 valence electrons. The highest BCUT2D eigenvalue weighted by Crippen LogP contribution is 2.27. The van der Waals surface area contributed by atoms with Crippen molar-refractivity contribution < 1.29 is 24.3 Å². The summed E-state index contributed by atoms with van der Waals surface area (Å²) in [7, 11) is 1.97. The molecule has 2 aliphatic rings. The largest absolute Gasteiger partial charge is 0.478 e. The van der Waals surface area contributed by atoms with Crippen LogP contribution in [0.25, 0.3) is 0 Å². The number of carboxylic acids is 1. The van der Waals surface area contributed by atoms with Gasteiger partial charge in [0.25, 0.3) is 5.91 Å². The number of pyridine rings is 1. The summed E-state index contributed by atoms with van der Waals surface area (Å²) >= 11 is 0. The SMILES string of the molecule is CN(c1ccc([C@@H]2CCC(=O)NC2=O)cn1)C1CCN(C(=O)c2ccc(C(=O)O)cc2)CC1. The average Bonchev–Trinajstić information content (AvgIpc) is 2.83. The van der Waals surface area contributed by atoms with Gasteiger partial charge in [0, 0.05) is 44.4 Å². The van der Waals surface area contributed by atoms with Crippen molar-refractivity contribution in [3.05, 3.63) is 59.3 Å². The maximum absolute atomic E-state index is 12.8. The van der Waals surface area contributed by atoms with Gasteiger partial charge in [-0.25, -0.2) is 9.78 Å². The van der Waals surface area contributed by atoms with Crippen LogP contribution in [0.1, 0.15) is 57.9 Å². The number of hydrogen-bond acceptors (Lipinski definition) is 6. The van der Waals surface area contributed by atoms with Crippen molar-refractivity contribution in [2.75, 3.05) is 25.0 Å². The molecule has 3 heterocycles. The van der Waals surface area contributed by atoms with Gasteiger partial charge in [0.05, 0.1) is 11.5 Å². The molecule has 0 aliphatic carbocycles. The van der Waals surface area contributed by atoms with Crippen LogP contribution in [0.2, 0.25) is 0 Å². The van der Waals surface area contributed by atoms with Gasteiger partial charge in [-0.05, 0) is 55.2 Å². The van der Waals surface area contributed by atoms with E-state index in [4.69, 9.17) is 5.11 Å². The van der Waals surface area contributed by atoms with Gasteiger partial charge < -0.3 is 14.9 Å². The van der Waals surface area contributed by atoms with Crippen molar-refractivity contribution in [3.8, 4) is 0 Å². The molecule has 1 aromatic carbocycles. The van der Waals surface area contributed by atoms with Crippen LogP contribution in [0.3, 0.4) is 0 Å². The molecule has 0 saturated carbocycles. The van der Waals surface area contributed by atoms with Crippen LogP contribution in [0, 0.1) is 0 Å². The molecule has 9 nitrogen and oxygen atoms in total. The third-order valence-electron chi connectivity index (χ3n) is 6.45. The topological polar surface area (TPSA) is 120 Å². The molecule has 2 N–H and O–H groups in total. The van der Waals surface area contributed by atoms with E-state index in [9.17, 15) is 19.2 Å². The van der Waals surface area contributed by atoms with Crippen molar-refractivity contribution in [1.29, 1.82) is 0 Å². The van der Waals surface area contributed by atoms with E-state index in [1.54, 1.807) is 23.2 Å². The van der Waals surface area contributed by atoms with Gasteiger partial charge in [-0.1, -0.05) is 6.07 Å². The number of likely N-dealkylation sites (tertiary alicyclic amines) is 1. The molecule has 2 aliphatic heterocycles. The van der Waals surface area contributed by atoms with Crippen LogP contribution >= 0.6 is 0 Å². The second-order valence-corrected chi connectivity index (χ2v) is 8.47. The molecular formula is C24H26N4O5. The number of nitrogens with zero attached hydrogens (tertiary/aromatic N) is 3. The summed E-state index contributed by atoms with van der Waals surface area (Å²) < 4.78 is 0. The summed E-state index contributed by atoms with van der Waals surface area (Å²) in [6.07, 6.45) is 4.09. The molecular weight excluding hydrogens is 424 g/mol. The van der Waals surface area contributed by atoms with Crippen molar-refractivity contribution in [3.63, 3.8) is 0 Å². The lowest BCUT2D eigenvalue weighted by atomic mass is 9.91. The van der Waals surface area contributed by atoms with E-state index in [2.05, 4.69) is 15.2 Å². The Morgan fingerprint density at radius 3 is 2.27 bits per heavy atom. The first kappa shape index (κ1) is 22.4. The minimum absolute atomic E-state index is 0.0974. The number of imide groups is 1. The monoisotopic (exact) mass is 450 g/mol. The van der Waals surface area contributed by atoms with Crippen molar-refractivity contribution in [2.45, 2.75) is 37.6 Å². The van der Waals surface area contributed by atoms with E-state index in [0.29, 0.717) is 31.5 Å². The van der Waals surface area contributed by atoms with Gasteiger partial charge in [0.15, 0.2) is 0 Å². The van der Waals surface area contributed by atoms with E-state index >= 15 is 0 Å². The Hall–Kier alpha value is -3.75. The number of carbonyl (C=O) groups is 4. The number of piperidine rings is 2. The molecule has 3 amide bonds. The number of aromatic nitrogens is 1. The van der Waals surface area contributed by atoms with Crippen molar-refractivity contribution in [1.82, 2.24) is 15.2 Å². The molecule has 2 aromatic rings. The Labute approximate surface area is 191 Å². The molecule has 4 rings (SSSR count). The number of carboxylic acid groups (broad SMARTS) is 1. The number of anilines is 1. The Morgan fingerprint density at radius 1 is 1.03 bits per heavy atom. The van der Waals surface area contributed by atoms with Gasteiger partial charge in [-0.3, -0.25) is 19.7 Å². The standard InChI is InChI=1S/C24H26N4O5/c1-27(20-8-6-17(14-25-20)19-7-9-21(29)26-22(19)30)18-10-12-28(13-11-18)23(31)15-2-4-16(5-3-15)24(32)33/h2-6,8,14,18-19H,7,9-13H2,1H3,(H,32,33)(H,26,29,30)/t19-/m0/s1. The molecule has 2 saturated heterocycles. The van der Waals surface area contributed by atoms with Gasteiger partial charge in [0.1, 0.15) is 5.82 Å². The smallest absolute Gasteiger partial charge is 0.335 e. The zero-order valence-electron chi connectivity index (χ0n) is 18.4. The lowest BCUT2D eigenvalue weighted by molar-refractivity contribution is -0.134. The highest BCUT2D eigenvalue weighted by atomic mass is 16.4. The fraction of sp³-hybridized carbons (Fsp3) is 0.375. The molecule has 33 heavy (non-hydrogen) atoms. The van der Waals surface area contributed by atoms with E-state index in [1.165, 1.54) is 12.1 Å². The molecule has 9 heteroatoms. The van der Waals surface area contributed by atoms with Crippen LogP contribution < -0.4 is 10.2 Å². The summed E-state index contributed by atoms with van der Waals surface area (Å²) in [5, 5.41) is 11.4. The number of hydrogen-bond donors (Lipinski definition) is 2. The first-order chi connectivity index (χ1) is 15.8. The number of amides is 3. The van der Waals surface area contributed by atoms with Crippen LogP contribution in [-0.2, 0) is 9.59 Å². The van der Waals surface area contributed by atoms with Gasteiger partial charge in [-0.2, -0.15) is 0 Å². The van der Waals surface area contributed by atoms with Crippen LogP contribution in [-0.4, -0.2) is 64.9 Å². The predicted molar refractivity (Wildman–Crippen MR) is 120 cm³/mol. The van der Waals surface area contributed by atoms with Crippen LogP contribution in [0.5, 0.6) is 0 Å². The third kappa shape index (κ3) is 4.87. The predicted octanol–water partition coefficient (Wildman–Crippen LogP) is 2.04. The Balaban J connectivity index is 1.34. The summed E-state index contributed by atoms with van der Waals surface area (Å²) in [5.41, 5.74) is 1.44. The number of carbonyl (C=O) groups excluding carboxylic acids is 3. The van der Waals surface area contributed by atoms with E-state index in [1.807, 2.05) is 19.2 Å². The molecule has 2 fully saturated rings. The molecule has 1 aromatic heterocycles. The zero-order valence-corrected chi connectivity index (χ0v) is 18.4. The fourth-order valence-corrected chi connectivity index (χ4v) is 4.41. The van der Waals surface area contributed by atoms with E-state index < -0.39 is 5.97 Å². The van der Waals surface area contributed by atoms with Crippen molar-refractivity contribution in [2.24, 2.45) is 0 Å². The molecule has 0 spiro atoms. The van der Waals surface area contributed by atoms with Crippen LogP contribution in [0.15, 0.2) is 42.6 Å². The fourth-order valence-electron chi connectivity index (χ4n) is 4.41. The lowest BCUT2D eigenvalue weighted by Crippen LogP contribution is -2.45. The molecule has 1 atom stereocenters. The number of rotatable bonds is 5. The van der Waals surface area contributed by atoms with Gasteiger partial charge >= 0.3 is 5.97 Å². The molecule has 0 unspecified atom stereocenters. The summed E-state index contributed by atoms with van der Waals surface area (Å²) in [6.45, 7) is 1.20. The maximum atomic E-state index is 12.8. The zero-order chi connectivity index (χ0) is 23.5. The van der Waals surface area contributed by atoms with Crippen molar-refractivity contribution >= 4 is 29.5 Å². The Bertz CT molecular complexity index is 1060. The third-order valence-corrected chi connectivity index (χ3v) is 6.45. The summed E-state index contributed by atoms with van der Waals surface area (Å²) in [5.74, 6) is -1.18. The average molecular weight is 450 g/mol. The Morgan fingerprint density at radius 2 is 1.70 bits per heavy atom. The van der Waals surface area contributed by atoms with Crippen LogP contribution in [0.4, 0.5) is 5.82 Å². The summed E-state index contributed by atoms with van der Waals surface area (Å²) in [6, 6.07) is 9.99. The quantitative estimate of drug-likeness (QED) is 0.669. The van der Waals surface area contributed by atoms with Gasteiger partial charge in [0.2, 0.25) is 11.8 Å². The first-order valence-corrected chi connectivity index (χ1v) is 11.0. The second kappa shape index (κ2) is 9.40. The molecule has 0 bridgehead atoms. The summed E-state index contributed by atoms with van der Waals surface area (Å²) in [4.78, 5) is 55.6. The normalized spacial score (nSPS) is 19.2. The minimum atomic E-state index is -1.02. The van der Waals surface area contributed by atoms with E-state index in [0.717, 1.165) is 24.2 Å². The van der Waals surface area contributed by atoms with Gasteiger partial charge in [-0.15, -0.1) is 0 Å². The second-order valence-electron chi connectivity index (χ2n) is 8.47. The number of nitrogens with one attached hydrogen (secondary N) is 1. The maximum Gasteiger partial charge on any atom is 0.335 e. The minimum Gasteiger partial charge on any atom is -0.478 e. The highest BCUT2D eigenvalue weighted by Gasteiger charge is 2.29. The Kier molecular flexibility index (Phi) is 6.39. The highest BCUT2D eigenvalue weighted by molar-refractivity contribution is 6.01. The first-order valence-electron chi connectivity index (χ1n) is 11.0. The van der Waals surface area contributed by atoms with E-state index in [-0.39, 0.29) is 35.2 Å².